The van der Waals surface area contributed by atoms with Crippen molar-refractivity contribution >= 4 is 23.6 Å². The predicted molar refractivity (Wildman–Crippen MR) is 91.1 cm³/mol. The van der Waals surface area contributed by atoms with Crippen molar-refractivity contribution < 1.29 is 19.1 Å². The molecule has 2 aromatic rings. The van der Waals surface area contributed by atoms with Crippen molar-refractivity contribution in [3.8, 4) is 0 Å². The lowest BCUT2D eigenvalue weighted by Crippen LogP contribution is -2.32. The van der Waals surface area contributed by atoms with Gasteiger partial charge in [0, 0.05) is 11.3 Å². The van der Waals surface area contributed by atoms with Crippen molar-refractivity contribution in [1.29, 1.82) is 0 Å². The fourth-order valence-electron chi connectivity index (χ4n) is 2.41. The van der Waals surface area contributed by atoms with Crippen LogP contribution in [0.15, 0.2) is 54.6 Å². The summed E-state index contributed by atoms with van der Waals surface area (Å²) in [6, 6.07) is 15.7. The lowest BCUT2D eigenvalue weighted by atomic mass is 10.1. The minimum absolute atomic E-state index is 0.125. The van der Waals surface area contributed by atoms with Gasteiger partial charge in [-0.2, -0.15) is 0 Å². The molecule has 1 fully saturated rings. The summed E-state index contributed by atoms with van der Waals surface area (Å²) in [6.07, 6.45) is -0.751. The molecule has 0 saturated carbocycles. The Morgan fingerprint density at radius 2 is 1.80 bits per heavy atom. The Balaban J connectivity index is 1.49. The van der Waals surface area contributed by atoms with Crippen molar-refractivity contribution in [3.05, 3.63) is 65.7 Å². The summed E-state index contributed by atoms with van der Waals surface area (Å²) in [6.45, 7) is 0.301. The number of amides is 3. The lowest BCUT2D eigenvalue weighted by Gasteiger charge is -2.10. The Bertz CT molecular complexity index is 775. The van der Waals surface area contributed by atoms with E-state index in [-0.39, 0.29) is 24.5 Å². The smallest absolute Gasteiger partial charge is 0.407 e. The van der Waals surface area contributed by atoms with Crippen LogP contribution >= 0.6 is 0 Å². The molecule has 1 aliphatic heterocycles. The zero-order chi connectivity index (χ0) is 17.6. The number of rotatable bonds is 5. The molecule has 7 heteroatoms. The second-order valence-corrected chi connectivity index (χ2v) is 5.49. The molecule has 2 aromatic carbocycles. The Hall–Kier alpha value is -3.35. The first-order valence-electron chi connectivity index (χ1n) is 7.79. The normalized spacial score (nSPS) is 15.8. The number of anilines is 1. The van der Waals surface area contributed by atoms with Crippen molar-refractivity contribution in [3.63, 3.8) is 0 Å². The summed E-state index contributed by atoms with van der Waals surface area (Å²) in [4.78, 5) is 34.9. The minimum atomic E-state index is -0.434. The zero-order valence-corrected chi connectivity index (χ0v) is 13.3. The molecule has 1 heterocycles. The number of cyclic esters (lactones) is 1. The van der Waals surface area contributed by atoms with Gasteiger partial charge in [-0.25, -0.2) is 4.79 Å². The maximum atomic E-state index is 11.9. The van der Waals surface area contributed by atoms with Crippen molar-refractivity contribution in [2.24, 2.45) is 0 Å². The van der Waals surface area contributed by atoms with E-state index in [0.717, 1.165) is 5.56 Å². The number of carbonyl (C=O) groups excluding carboxylic acids is 3. The van der Waals surface area contributed by atoms with Crippen LogP contribution in [0.3, 0.4) is 0 Å². The summed E-state index contributed by atoms with van der Waals surface area (Å²) < 4.78 is 5.09. The quantitative estimate of drug-likeness (QED) is 0.774. The number of hydrogen-bond donors (Lipinski definition) is 3. The molecule has 0 spiro atoms. The summed E-state index contributed by atoms with van der Waals surface area (Å²) in [5, 5.41) is 7.85. The number of alkyl carbamates (subject to hydrolysis) is 1. The topological polar surface area (TPSA) is 96.5 Å². The van der Waals surface area contributed by atoms with E-state index in [0.29, 0.717) is 17.8 Å². The van der Waals surface area contributed by atoms with Crippen LogP contribution in [0, 0.1) is 0 Å². The SMILES string of the molecule is O=C(CNC(=O)c1ccccc1)Nc1ccc(C2CNC(=O)O2)cc1. The molecule has 7 nitrogen and oxygen atoms in total. The van der Waals surface area contributed by atoms with E-state index < -0.39 is 6.09 Å². The molecule has 1 aliphatic rings. The molecule has 25 heavy (non-hydrogen) atoms. The Kier molecular flexibility index (Phi) is 4.94. The average molecular weight is 339 g/mol. The van der Waals surface area contributed by atoms with Gasteiger partial charge in [-0.15, -0.1) is 0 Å². The van der Waals surface area contributed by atoms with Gasteiger partial charge in [0.2, 0.25) is 5.91 Å². The molecular weight excluding hydrogens is 322 g/mol. The van der Waals surface area contributed by atoms with Crippen molar-refractivity contribution in [2.75, 3.05) is 18.4 Å². The number of nitrogens with one attached hydrogen (secondary N) is 3. The van der Waals surface area contributed by atoms with Gasteiger partial charge in [-0.05, 0) is 29.8 Å². The van der Waals surface area contributed by atoms with Gasteiger partial charge in [-0.1, -0.05) is 30.3 Å². The number of benzene rings is 2. The van der Waals surface area contributed by atoms with Gasteiger partial charge in [-0.3, -0.25) is 9.59 Å². The lowest BCUT2D eigenvalue weighted by molar-refractivity contribution is -0.115. The highest BCUT2D eigenvalue weighted by molar-refractivity contribution is 5.99. The molecule has 128 valence electrons. The third kappa shape index (κ3) is 4.35. The van der Waals surface area contributed by atoms with E-state index in [1.165, 1.54) is 0 Å². The van der Waals surface area contributed by atoms with Crippen LogP contribution in [0.1, 0.15) is 22.0 Å². The molecule has 1 atom stereocenters. The number of carbonyl (C=O) groups is 3. The summed E-state index contributed by atoms with van der Waals surface area (Å²) >= 11 is 0. The molecular formula is C18H17N3O4. The molecule has 0 aliphatic carbocycles. The molecule has 3 amide bonds. The van der Waals surface area contributed by atoms with Crippen LogP contribution in [-0.4, -0.2) is 31.0 Å². The van der Waals surface area contributed by atoms with Gasteiger partial charge in [0.25, 0.3) is 5.91 Å². The first-order chi connectivity index (χ1) is 12.1. The summed E-state index contributed by atoms with van der Waals surface area (Å²) in [5.41, 5.74) is 1.94. The van der Waals surface area contributed by atoms with E-state index in [1.807, 2.05) is 6.07 Å². The molecule has 0 radical (unpaired) electrons. The summed E-state index contributed by atoms with van der Waals surface area (Å²) in [7, 11) is 0. The van der Waals surface area contributed by atoms with E-state index in [2.05, 4.69) is 16.0 Å². The van der Waals surface area contributed by atoms with E-state index >= 15 is 0 Å². The second-order valence-electron chi connectivity index (χ2n) is 5.49. The maximum Gasteiger partial charge on any atom is 0.407 e. The number of ether oxygens (including phenoxy) is 1. The third-order valence-corrected chi connectivity index (χ3v) is 3.69. The molecule has 0 aromatic heterocycles. The van der Waals surface area contributed by atoms with E-state index in [9.17, 15) is 14.4 Å². The van der Waals surface area contributed by atoms with Gasteiger partial charge in [0.1, 0.15) is 6.10 Å². The minimum Gasteiger partial charge on any atom is -0.439 e. The first-order valence-corrected chi connectivity index (χ1v) is 7.79. The fourth-order valence-corrected chi connectivity index (χ4v) is 2.41. The highest BCUT2D eigenvalue weighted by Gasteiger charge is 2.23. The fraction of sp³-hybridized carbons (Fsp3) is 0.167. The predicted octanol–water partition coefficient (Wildman–Crippen LogP) is 1.84. The molecule has 3 rings (SSSR count). The van der Waals surface area contributed by atoms with Crippen LogP contribution in [0.2, 0.25) is 0 Å². The average Bonchev–Trinajstić information content (AvgIpc) is 3.07. The van der Waals surface area contributed by atoms with Gasteiger partial charge in [0.05, 0.1) is 13.1 Å². The Morgan fingerprint density at radius 3 is 2.44 bits per heavy atom. The van der Waals surface area contributed by atoms with E-state index in [4.69, 9.17) is 4.74 Å². The van der Waals surface area contributed by atoms with Crippen LogP contribution in [0.4, 0.5) is 10.5 Å². The molecule has 0 bridgehead atoms. The van der Waals surface area contributed by atoms with Gasteiger partial charge in [0.15, 0.2) is 0 Å². The Morgan fingerprint density at radius 1 is 1.08 bits per heavy atom. The van der Waals surface area contributed by atoms with Crippen LogP contribution in [0.5, 0.6) is 0 Å². The van der Waals surface area contributed by atoms with Gasteiger partial charge >= 0.3 is 6.09 Å². The monoisotopic (exact) mass is 339 g/mol. The number of hydrogen-bond acceptors (Lipinski definition) is 4. The zero-order valence-electron chi connectivity index (χ0n) is 13.3. The second kappa shape index (κ2) is 7.48. The maximum absolute atomic E-state index is 11.9. The highest BCUT2D eigenvalue weighted by Crippen LogP contribution is 2.22. The van der Waals surface area contributed by atoms with Crippen LogP contribution < -0.4 is 16.0 Å². The van der Waals surface area contributed by atoms with Crippen molar-refractivity contribution in [1.82, 2.24) is 10.6 Å². The van der Waals surface area contributed by atoms with Crippen LogP contribution in [-0.2, 0) is 9.53 Å². The Labute approximate surface area is 144 Å². The van der Waals surface area contributed by atoms with Crippen molar-refractivity contribution in [2.45, 2.75) is 6.10 Å². The van der Waals surface area contributed by atoms with Gasteiger partial charge < -0.3 is 20.7 Å². The first kappa shape index (κ1) is 16.5. The largest absolute Gasteiger partial charge is 0.439 e. The van der Waals surface area contributed by atoms with Crippen LogP contribution in [0.25, 0.3) is 0 Å². The molecule has 1 unspecified atom stereocenters. The molecule has 3 N–H and O–H groups in total. The third-order valence-electron chi connectivity index (χ3n) is 3.69. The molecule has 1 saturated heterocycles. The standard InChI is InChI=1S/C18H17N3O4/c22-16(11-19-17(23)13-4-2-1-3-5-13)21-14-8-6-12(7-9-14)15-10-20-18(24)25-15/h1-9,15H,10-11H2,(H,19,23)(H,20,24)(H,21,22). The summed E-state index contributed by atoms with van der Waals surface area (Å²) in [5.74, 6) is -0.632. The van der Waals surface area contributed by atoms with E-state index in [1.54, 1.807) is 48.5 Å². The highest BCUT2D eigenvalue weighted by atomic mass is 16.6.